The Balaban J connectivity index is 2.02. The Hall–Kier alpha value is -2.42. The molecule has 0 saturated carbocycles. The van der Waals surface area contributed by atoms with Gasteiger partial charge in [0.15, 0.2) is 11.0 Å². The first-order valence-electron chi connectivity index (χ1n) is 8.79. The van der Waals surface area contributed by atoms with Gasteiger partial charge in [0.2, 0.25) is 5.91 Å². The lowest BCUT2D eigenvalue weighted by Gasteiger charge is -2.18. The van der Waals surface area contributed by atoms with E-state index in [1.165, 1.54) is 18.9 Å². The van der Waals surface area contributed by atoms with E-state index in [1.54, 1.807) is 12.4 Å². The molecule has 1 atom stereocenters. The van der Waals surface area contributed by atoms with E-state index in [1.807, 2.05) is 37.5 Å². The maximum absolute atomic E-state index is 12.3. The van der Waals surface area contributed by atoms with Gasteiger partial charge >= 0.3 is 5.97 Å². The molecule has 2 aromatic rings. The van der Waals surface area contributed by atoms with Gasteiger partial charge in [-0.15, -0.1) is 10.2 Å². The van der Waals surface area contributed by atoms with Gasteiger partial charge in [0.1, 0.15) is 6.04 Å². The lowest BCUT2D eigenvalue weighted by molar-refractivity contribution is -0.145. The van der Waals surface area contributed by atoms with Crippen molar-refractivity contribution < 1.29 is 14.3 Å². The van der Waals surface area contributed by atoms with Crippen LogP contribution in [-0.2, 0) is 20.9 Å². The zero-order valence-corrected chi connectivity index (χ0v) is 16.8. The van der Waals surface area contributed by atoms with E-state index in [0.29, 0.717) is 18.1 Å². The van der Waals surface area contributed by atoms with E-state index >= 15 is 0 Å². The Morgan fingerprint density at radius 1 is 1.26 bits per heavy atom. The maximum atomic E-state index is 12.3. The molecule has 0 unspecified atom stereocenters. The molecule has 0 aliphatic heterocycles. The molecule has 2 rings (SSSR count). The number of thioether (sulfide) groups is 1. The molecule has 2 aromatic heterocycles. The highest BCUT2D eigenvalue weighted by Crippen LogP contribution is 2.23. The predicted octanol–water partition coefficient (Wildman–Crippen LogP) is 2.16. The summed E-state index contributed by atoms with van der Waals surface area (Å²) in [4.78, 5) is 28.2. The van der Waals surface area contributed by atoms with Gasteiger partial charge in [-0.25, -0.2) is 4.79 Å². The fourth-order valence-corrected chi connectivity index (χ4v) is 3.40. The average molecular weight is 391 g/mol. The molecular weight excluding hydrogens is 366 g/mol. The van der Waals surface area contributed by atoms with Crippen LogP contribution in [0, 0.1) is 5.92 Å². The van der Waals surface area contributed by atoms with Crippen LogP contribution in [0.15, 0.2) is 29.7 Å². The van der Waals surface area contributed by atoms with E-state index in [9.17, 15) is 9.59 Å². The van der Waals surface area contributed by atoms with Crippen molar-refractivity contribution in [3.63, 3.8) is 0 Å². The molecule has 0 spiro atoms. The van der Waals surface area contributed by atoms with E-state index < -0.39 is 12.0 Å². The third kappa shape index (κ3) is 5.78. The van der Waals surface area contributed by atoms with Crippen LogP contribution in [-0.4, -0.2) is 50.5 Å². The number of carbonyl (C=O) groups is 2. The molecule has 0 fully saturated rings. The quantitative estimate of drug-likeness (QED) is 0.516. The van der Waals surface area contributed by atoms with Gasteiger partial charge in [-0.3, -0.25) is 9.78 Å². The highest BCUT2D eigenvalue weighted by molar-refractivity contribution is 7.99. The summed E-state index contributed by atoms with van der Waals surface area (Å²) in [6.45, 7) is 6.64. The number of pyridine rings is 1. The minimum atomic E-state index is -0.639. The SMILES string of the molecule is CCn1c(SCC(=O)N[C@H](CC(C)C)C(=O)OC)nnc1-c1ccncc1. The van der Waals surface area contributed by atoms with Gasteiger partial charge in [-0.2, -0.15) is 0 Å². The first kappa shape index (κ1) is 20.9. The molecule has 0 aliphatic carbocycles. The van der Waals surface area contributed by atoms with Crippen LogP contribution in [0.1, 0.15) is 27.2 Å². The summed E-state index contributed by atoms with van der Waals surface area (Å²) in [5, 5.41) is 11.8. The summed E-state index contributed by atoms with van der Waals surface area (Å²) in [7, 11) is 1.32. The predicted molar refractivity (Wildman–Crippen MR) is 103 cm³/mol. The van der Waals surface area contributed by atoms with Gasteiger partial charge in [0.05, 0.1) is 12.9 Å². The Morgan fingerprint density at radius 3 is 2.56 bits per heavy atom. The van der Waals surface area contributed by atoms with E-state index in [0.717, 1.165) is 11.4 Å². The van der Waals surface area contributed by atoms with Crippen LogP contribution < -0.4 is 5.32 Å². The third-order valence-electron chi connectivity index (χ3n) is 3.83. The first-order chi connectivity index (χ1) is 13.0. The summed E-state index contributed by atoms with van der Waals surface area (Å²) < 4.78 is 6.72. The fraction of sp³-hybridized carbons (Fsp3) is 0.500. The molecule has 0 aliphatic rings. The number of methoxy groups -OCH3 is 1. The number of aromatic nitrogens is 4. The molecule has 9 heteroatoms. The molecule has 2 heterocycles. The van der Waals surface area contributed by atoms with Crippen molar-refractivity contribution in [2.45, 2.75) is 44.9 Å². The molecule has 0 aromatic carbocycles. The average Bonchev–Trinajstić information content (AvgIpc) is 3.08. The molecule has 8 nitrogen and oxygen atoms in total. The second kappa shape index (κ2) is 10.1. The van der Waals surface area contributed by atoms with Gasteiger partial charge in [0, 0.05) is 24.5 Å². The number of amides is 1. The van der Waals surface area contributed by atoms with Gasteiger partial charge < -0.3 is 14.6 Å². The molecular formula is C18H25N5O3S. The summed E-state index contributed by atoms with van der Waals surface area (Å²) in [5.74, 6) is 0.453. The van der Waals surface area contributed by atoms with Crippen LogP contribution in [0.2, 0.25) is 0 Å². The summed E-state index contributed by atoms with van der Waals surface area (Å²) in [6.07, 6.45) is 3.93. The van der Waals surface area contributed by atoms with E-state index in [2.05, 4.69) is 20.5 Å². The lowest BCUT2D eigenvalue weighted by Crippen LogP contribution is -2.43. The second-order valence-corrected chi connectivity index (χ2v) is 7.29. The number of nitrogens with zero attached hydrogens (tertiary/aromatic N) is 4. The molecule has 1 amide bonds. The largest absolute Gasteiger partial charge is 0.467 e. The number of esters is 1. The summed E-state index contributed by atoms with van der Waals surface area (Å²) in [6, 6.07) is 3.09. The topological polar surface area (TPSA) is 99.0 Å². The zero-order valence-electron chi connectivity index (χ0n) is 16.0. The Bertz CT molecular complexity index is 764. The van der Waals surface area contributed by atoms with Crippen molar-refractivity contribution in [3.05, 3.63) is 24.5 Å². The van der Waals surface area contributed by atoms with Crippen molar-refractivity contribution in [1.82, 2.24) is 25.1 Å². The Kier molecular flexibility index (Phi) is 7.78. The molecule has 27 heavy (non-hydrogen) atoms. The minimum absolute atomic E-state index is 0.139. The molecule has 1 N–H and O–H groups in total. The van der Waals surface area contributed by atoms with Gasteiger partial charge in [-0.1, -0.05) is 25.6 Å². The molecule has 0 radical (unpaired) electrons. The molecule has 0 bridgehead atoms. The van der Waals surface area contributed by atoms with E-state index in [-0.39, 0.29) is 17.6 Å². The van der Waals surface area contributed by atoms with Crippen molar-refractivity contribution in [3.8, 4) is 11.4 Å². The first-order valence-corrected chi connectivity index (χ1v) is 9.78. The van der Waals surface area contributed by atoms with Crippen LogP contribution >= 0.6 is 11.8 Å². The zero-order chi connectivity index (χ0) is 19.8. The Morgan fingerprint density at radius 2 is 1.96 bits per heavy atom. The van der Waals surface area contributed by atoms with Crippen LogP contribution in [0.3, 0.4) is 0 Å². The van der Waals surface area contributed by atoms with Gasteiger partial charge in [0.25, 0.3) is 0 Å². The number of hydrogen-bond acceptors (Lipinski definition) is 7. The number of nitrogens with one attached hydrogen (secondary N) is 1. The van der Waals surface area contributed by atoms with Crippen molar-refractivity contribution in [1.29, 1.82) is 0 Å². The smallest absolute Gasteiger partial charge is 0.328 e. The Labute approximate surface area is 163 Å². The van der Waals surface area contributed by atoms with Gasteiger partial charge in [-0.05, 0) is 31.4 Å². The number of hydrogen-bond donors (Lipinski definition) is 1. The number of ether oxygens (including phenoxy) is 1. The number of carbonyl (C=O) groups excluding carboxylic acids is 2. The van der Waals surface area contributed by atoms with Crippen molar-refractivity contribution in [2.24, 2.45) is 5.92 Å². The van der Waals surface area contributed by atoms with Crippen LogP contribution in [0.5, 0.6) is 0 Å². The number of rotatable bonds is 9. The highest BCUT2D eigenvalue weighted by atomic mass is 32.2. The minimum Gasteiger partial charge on any atom is -0.467 e. The monoisotopic (exact) mass is 391 g/mol. The van der Waals surface area contributed by atoms with Crippen LogP contribution in [0.25, 0.3) is 11.4 Å². The van der Waals surface area contributed by atoms with E-state index in [4.69, 9.17) is 4.74 Å². The standard InChI is InChI=1S/C18H25N5O3S/c1-5-23-16(13-6-8-19-9-7-13)21-22-18(23)27-11-15(24)20-14(10-12(2)3)17(25)26-4/h6-9,12,14H,5,10-11H2,1-4H3,(H,20,24)/t14-/m1/s1. The lowest BCUT2D eigenvalue weighted by atomic mass is 10.0. The second-order valence-electron chi connectivity index (χ2n) is 6.35. The summed E-state index contributed by atoms with van der Waals surface area (Å²) in [5.41, 5.74) is 0.915. The fourth-order valence-electron chi connectivity index (χ4n) is 2.59. The third-order valence-corrected chi connectivity index (χ3v) is 4.80. The maximum Gasteiger partial charge on any atom is 0.328 e. The van der Waals surface area contributed by atoms with Crippen molar-refractivity contribution >= 4 is 23.6 Å². The molecule has 146 valence electrons. The summed E-state index contributed by atoms with van der Waals surface area (Å²) >= 11 is 1.28. The van der Waals surface area contributed by atoms with Crippen LogP contribution in [0.4, 0.5) is 0 Å². The van der Waals surface area contributed by atoms with Crippen molar-refractivity contribution in [2.75, 3.05) is 12.9 Å². The molecule has 0 saturated heterocycles. The highest BCUT2D eigenvalue weighted by Gasteiger charge is 2.23. The normalized spacial score (nSPS) is 12.0.